The number of aromatic amines is 1. The molecule has 0 saturated carbocycles. The first kappa shape index (κ1) is 34.2. The average Bonchev–Trinajstić information content (AvgIpc) is 3.31. The molecule has 0 aliphatic carbocycles. The highest BCUT2D eigenvalue weighted by atomic mass is 79.9. The minimum absolute atomic E-state index is 0.0299. The van der Waals surface area contributed by atoms with Crippen LogP contribution in [0.25, 0.3) is 6.08 Å². The van der Waals surface area contributed by atoms with Crippen LogP contribution < -0.4 is 21.5 Å². The first-order valence-corrected chi connectivity index (χ1v) is 14.6. The number of aryl methyl sites for hydroxylation is 1. The Hall–Kier alpha value is -3.28. The summed E-state index contributed by atoms with van der Waals surface area (Å²) in [5.41, 5.74) is 6.04. The molecule has 2 aliphatic heterocycles. The van der Waals surface area contributed by atoms with Crippen LogP contribution in [-0.2, 0) is 39.3 Å². The van der Waals surface area contributed by atoms with E-state index in [4.69, 9.17) is 38.7 Å². The van der Waals surface area contributed by atoms with Gasteiger partial charge in [-0.2, -0.15) is 13.2 Å². The summed E-state index contributed by atoms with van der Waals surface area (Å²) in [5.74, 6) is -3.02. The molecular weight excluding hydrogens is 674 g/mol. The number of hydrogen-bond donors (Lipinski definition) is 3. The Labute approximate surface area is 249 Å². The molecule has 0 spiro atoms. The Balaban J connectivity index is 0.000000646. The topological polar surface area (TPSA) is 198 Å². The number of rotatable bonds is 7. The van der Waals surface area contributed by atoms with Crippen molar-refractivity contribution in [2.45, 2.75) is 57.5 Å². The van der Waals surface area contributed by atoms with Crippen molar-refractivity contribution in [2.75, 3.05) is 6.61 Å². The van der Waals surface area contributed by atoms with Crippen LogP contribution in [0.5, 0.6) is 5.75 Å². The van der Waals surface area contributed by atoms with Gasteiger partial charge in [-0.15, -0.1) is 0 Å². The Bertz CT molecular complexity index is 1540. The highest BCUT2D eigenvalue weighted by Crippen LogP contribution is 2.55. The number of aliphatic carboxylic acids is 1. The molecule has 14 nitrogen and oxygen atoms in total. The van der Waals surface area contributed by atoms with Gasteiger partial charge in [0, 0.05) is 18.2 Å². The number of carboxylic acids is 1. The summed E-state index contributed by atoms with van der Waals surface area (Å²) in [6, 6.07) is 4.53. The SMILES string of the molecule is Cc1cccc2c1OP(=O)(OC[C@H]1O[C@@H](n3cc(/C=C/Br)c(=O)[nH]c3=O)C[C@@H]1OC(=O)[C@@H](C)N)OC2.O=C(O)C(F)(F)F. The van der Waals surface area contributed by atoms with Crippen LogP contribution in [-0.4, -0.2) is 57.6 Å². The molecule has 0 bridgehead atoms. The second-order valence-corrected chi connectivity index (χ2v) is 11.3. The van der Waals surface area contributed by atoms with Gasteiger partial charge in [0.1, 0.15) is 30.2 Å². The number of ether oxygens (including phenoxy) is 2. The van der Waals surface area contributed by atoms with Gasteiger partial charge in [-0.25, -0.2) is 14.2 Å². The van der Waals surface area contributed by atoms with Gasteiger partial charge in [0.25, 0.3) is 5.56 Å². The van der Waals surface area contributed by atoms with Gasteiger partial charge in [-0.3, -0.25) is 28.2 Å². The fourth-order valence-electron chi connectivity index (χ4n) is 3.78. The van der Waals surface area contributed by atoms with Crippen molar-refractivity contribution >= 4 is 41.8 Å². The van der Waals surface area contributed by atoms with E-state index in [1.54, 1.807) is 6.07 Å². The molecule has 1 aromatic carbocycles. The van der Waals surface area contributed by atoms with E-state index in [0.717, 1.165) is 11.1 Å². The second-order valence-electron chi connectivity index (χ2n) is 9.15. The third-order valence-corrected chi connectivity index (χ3v) is 7.46. The predicted octanol–water partition coefficient (Wildman–Crippen LogP) is 3.12. The number of aromatic nitrogens is 2. The second kappa shape index (κ2) is 14.0. The van der Waals surface area contributed by atoms with Crippen LogP contribution in [0.3, 0.4) is 0 Å². The molecule has 1 unspecified atom stereocenters. The number of fused-ring (bicyclic) bond motifs is 1. The van der Waals surface area contributed by atoms with Gasteiger partial charge in [0.05, 0.1) is 18.8 Å². The smallest absolute Gasteiger partial charge is 0.475 e. The molecular formula is C24H26BrF3N3O11P. The Kier molecular flexibility index (Phi) is 11.1. The first-order chi connectivity index (χ1) is 20.0. The van der Waals surface area contributed by atoms with E-state index in [1.807, 2.05) is 19.1 Å². The van der Waals surface area contributed by atoms with Gasteiger partial charge >= 0.3 is 31.6 Å². The maximum Gasteiger partial charge on any atom is 0.530 e. The minimum Gasteiger partial charge on any atom is -0.475 e. The molecule has 2 aliphatic rings. The van der Waals surface area contributed by atoms with E-state index in [1.165, 1.54) is 28.7 Å². The number of hydrogen-bond acceptors (Lipinski definition) is 11. The summed E-state index contributed by atoms with van der Waals surface area (Å²) >= 11 is 3.10. The summed E-state index contributed by atoms with van der Waals surface area (Å²) in [6.45, 7) is 2.97. The molecule has 1 saturated heterocycles. The first-order valence-electron chi connectivity index (χ1n) is 12.3. The van der Waals surface area contributed by atoms with E-state index in [9.17, 15) is 32.1 Å². The molecule has 3 heterocycles. The van der Waals surface area contributed by atoms with Crippen molar-refractivity contribution in [3.05, 3.63) is 66.9 Å². The highest BCUT2D eigenvalue weighted by molar-refractivity contribution is 9.11. The third-order valence-electron chi connectivity index (χ3n) is 5.88. The number of carbonyl (C=O) groups is 2. The molecule has 1 aromatic heterocycles. The number of carboxylic acid groups (broad SMARTS) is 1. The van der Waals surface area contributed by atoms with E-state index < -0.39 is 61.7 Å². The lowest BCUT2D eigenvalue weighted by Crippen LogP contribution is -2.37. The monoisotopic (exact) mass is 699 g/mol. The molecule has 19 heteroatoms. The number of carbonyl (C=O) groups excluding carboxylic acids is 1. The number of alkyl halides is 3. The molecule has 0 radical (unpaired) electrons. The van der Waals surface area contributed by atoms with Crippen molar-refractivity contribution in [1.82, 2.24) is 9.55 Å². The van der Waals surface area contributed by atoms with Gasteiger partial charge in [-0.1, -0.05) is 34.1 Å². The van der Waals surface area contributed by atoms with E-state index >= 15 is 0 Å². The average molecular weight is 700 g/mol. The summed E-state index contributed by atoms with van der Waals surface area (Å²) in [6.07, 6.45) is -5.01. The zero-order valence-electron chi connectivity index (χ0n) is 22.4. The van der Waals surface area contributed by atoms with E-state index in [-0.39, 0.29) is 25.2 Å². The fourth-order valence-corrected chi connectivity index (χ4v) is 5.35. The maximum absolute atomic E-state index is 13.1. The lowest BCUT2D eigenvalue weighted by atomic mass is 10.1. The number of nitrogens with zero attached hydrogens (tertiary/aromatic N) is 1. The summed E-state index contributed by atoms with van der Waals surface area (Å²) in [4.78, 5) is 49.3. The van der Waals surface area contributed by atoms with Crippen LogP contribution in [0.2, 0.25) is 0 Å². The number of esters is 1. The molecule has 43 heavy (non-hydrogen) atoms. The summed E-state index contributed by atoms with van der Waals surface area (Å²) < 4.78 is 74.0. The molecule has 236 valence electrons. The molecule has 2 aromatic rings. The normalized spacial score (nSPS) is 23.9. The van der Waals surface area contributed by atoms with Crippen LogP contribution in [0.1, 0.15) is 36.3 Å². The van der Waals surface area contributed by atoms with Gasteiger partial charge < -0.3 is 24.8 Å². The van der Waals surface area contributed by atoms with Gasteiger partial charge in [0.15, 0.2) is 0 Å². The molecule has 0 amide bonds. The standard InChI is InChI=1S/C22H25BrN3O9P.C2HF3O2/c1-12-4-3-5-15-10-31-36(30,35-19(12)15)32-11-17-16(34-21(28)13(2)24)8-18(33-17)26-9-14(6-7-23)20(27)25-22(26)29;3-2(4,5)1(6)7/h3-7,9,13,16-18H,8,10-11,24H2,1-2H3,(H,25,27,29);(H,6,7)/b7-6+;/t13-,16+,17-,18-,36?;/m1./s1. The molecule has 4 rings (SSSR count). The molecule has 5 atom stereocenters. The van der Waals surface area contributed by atoms with Crippen molar-refractivity contribution in [3.63, 3.8) is 0 Å². The van der Waals surface area contributed by atoms with Crippen LogP contribution in [0, 0.1) is 6.92 Å². The van der Waals surface area contributed by atoms with Crippen molar-refractivity contribution < 1.29 is 55.5 Å². The summed E-state index contributed by atoms with van der Waals surface area (Å²) in [5, 5.41) is 7.12. The summed E-state index contributed by atoms with van der Waals surface area (Å²) in [7, 11) is -4.01. The van der Waals surface area contributed by atoms with Crippen molar-refractivity contribution in [2.24, 2.45) is 5.73 Å². The Morgan fingerprint density at radius 1 is 1.35 bits per heavy atom. The van der Waals surface area contributed by atoms with Crippen molar-refractivity contribution in [3.8, 4) is 5.75 Å². The zero-order valence-corrected chi connectivity index (χ0v) is 24.9. The van der Waals surface area contributed by atoms with Crippen LogP contribution in [0.15, 0.2) is 39.0 Å². The number of H-pyrrole nitrogens is 1. The van der Waals surface area contributed by atoms with Gasteiger partial charge in [0.2, 0.25) is 0 Å². The number of phosphoric acid groups is 1. The molecule has 1 fully saturated rings. The highest BCUT2D eigenvalue weighted by Gasteiger charge is 2.43. The number of halogens is 4. The van der Waals surface area contributed by atoms with E-state index in [0.29, 0.717) is 5.75 Å². The van der Waals surface area contributed by atoms with Crippen molar-refractivity contribution in [1.29, 1.82) is 0 Å². The third kappa shape index (κ3) is 8.87. The van der Waals surface area contributed by atoms with Crippen LogP contribution in [0.4, 0.5) is 13.2 Å². The van der Waals surface area contributed by atoms with Gasteiger partial charge in [-0.05, 0) is 30.5 Å². The predicted molar refractivity (Wildman–Crippen MR) is 145 cm³/mol. The fraction of sp³-hybridized carbons (Fsp3) is 0.417. The maximum atomic E-state index is 13.1. The number of para-hydroxylation sites is 1. The number of nitrogens with one attached hydrogen (secondary N) is 1. The number of nitrogens with two attached hydrogens (primary N) is 1. The lowest BCUT2D eigenvalue weighted by Gasteiger charge is -2.27. The number of phosphoric ester groups is 1. The lowest BCUT2D eigenvalue weighted by molar-refractivity contribution is -0.192. The number of benzene rings is 1. The largest absolute Gasteiger partial charge is 0.530 e. The van der Waals surface area contributed by atoms with Crippen LogP contribution >= 0.6 is 23.8 Å². The minimum atomic E-state index is -5.08. The zero-order chi connectivity index (χ0) is 32.1. The quantitative estimate of drug-likeness (QED) is 0.282. The Morgan fingerprint density at radius 2 is 2.02 bits per heavy atom. The molecule has 4 N–H and O–H groups in total. The Morgan fingerprint density at radius 3 is 2.63 bits per heavy atom. The van der Waals surface area contributed by atoms with E-state index in [2.05, 4.69) is 20.9 Å².